The number of benzene rings is 1. The number of nitrogens with one attached hydrogen (secondary N) is 1. The van der Waals surface area contributed by atoms with Crippen molar-refractivity contribution in [2.75, 3.05) is 7.11 Å². The van der Waals surface area contributed by atoms with E-state index in [1.807, 2.05) is 18.2 Å². The molecular weight excluding hydrogens is 272 g/mol. The molecule has 1 fully saturated rings. The summed E-state index contributed by atoms with van der Waals surface area (Å²) in [5, 5.41) is 0.636. The monoisotopic (exact) mass is 296 g/mol. The fourth-order valence-electron chi connectivity index (χ4n) is 3.13. The highest BCUT2D eigenvalue weighted by atomic mass is 35.5. The van der Waals surface area contributed by atoms with Gasteiger partial charge in [0.15, 0.2) is 0 Å². The zero-order chi connectivity index (χ0) is 14.8. The van der Waals surface area contributed by atoms with Crippen molar-refractivity contribution < 1.29 is 4.74 Å². The predicted octanol–water partition coefficient (Wildman–Crippen LogP) is 4.07. The van der Waals surface area contributed by atoms with E-state index in [9.17, 15) is 0 Å². The van der Waals surface area contributed by atoms with Crippen LogP contribution in [0.25, 0.3) is 0 Å². The Labute approximate surface area is 126 Å². The Balaban J connectivity index is 2.16. The molecule has 1 saturated carbocycles. The van der Waals surface area contributed by atoms with E-state index in [0.717, 1.165) is 5.56 Å². The highest BCUT2D eigenvalue weighted by Gasteiger charge is 2.31. The highest BCUT2D eigenvalue weighted by molar-refractivity contribution is 6.32. The van der Waals surface area contributed by atoms with Crippen LogP contribution < -0.4 is 16.0 Å². The van der Waals surface area contributed by atoms with Crippen molar-refractivity contribution in [3.8, 4) is 5.75 Å². The summed E-state index contributed by atoms with van der Waals surface area (Å²) >= 11 is 6.09. The van der Waals surface area contributed by atoms with Gasteiger partial charge in [0.1, 0.15) is 5.75 Å². The number of nitrogens with two attached hydrogens (primary N) is 1. The summed E-state index contributed by atoms with van der Waals surface area (Å²) in [5.41, 5.74) is 4.60. The second kappa shape index (κ2) is 6.33. The number of hydrogen-bond donors (Lipinski definition) is 2. The van der Waals surface area contributed by atoms with Crippen molar-refractivity contribution in [3.63, 3.8) is 0 Å². The van der Waals surface area contributed by atoms with Gasteiger partial charge in [-0.25, -0.2) is 0 Å². The largest absolute Gasteiger partial charge is 0.495 e. The molecule has 2 rings (SSSR count). The second-order valence-corrected chi connectivity index (χ2v) is 6.95. The first-order valence-corrected chi connectivity index (χ1v) is 7.64. The molecule has 3 nitrogen and oxygen atoms in total. The van der Waals surface area contributed by atoms with Crippen molar-refractivity contribution in [2.45, 2.75) is 45.6 Å². The van der Waals surface area contributed by atoms with Gasteiger partial charge < -0.3 is 4.74 Å². The van der Waals surface area contributed by atoms with Crippen LogP contribution in [0.2, 0.25) is 5.02 Å². The Morgan fingerprint density at radius 2 is 2.00 bits per heavy atom. The van der Waals surface area contributed by atoms with Gasteiger partial charge in [-0.1, -0.05) is 31.5 Å². The van der Waals surface area contributed by atoms with E-state index < -0.39 is 0 Å². The van der Waals surface area contributed by atoms with Gasteiger partial charge in [-0.15, -0.1) is 0 Å². The Hall–Kier alpha value is -0.770. The Kier molecular flexibility index (Phi) is 4.95. The minimum Gasteiger partial charge on any atom is -0.495 e. The Morgan fingerprint density at radius 1 is 1.35 bits per heavy atom. The zero-order valence-corrected chi connectivity index (χ0v) is 13.3. The molecule has 3 N–H and O–H groups in total. The first kappa shape index (κ1) is 15.6. The van der Waals surface area contributed by atoms with Crippen LogP contribution in [-0.2, 0) is 0 Å². The molecule has 0 aliphatic heterocycles. The van der Waals surface area contributed by atoms with Gasteiger partial charge in [0, 0.05) is 6.04 Å². The summed E-state index contributed by atoms with van der Waals surface area (Å²) in [5.74, 6) is 7.09. The molecule has 0 saturated heterocycles. The molecule has 4 heteroatoms. The zero-order valence-electron chi connectivity index (χ0n) is 12.6. The van der Waals surface area contributed by atoms with Gasteiger partial charge in [-0.3, -0.25) is 11.3 Å². The lowest BCUT2D eigenvalue weighted by Gasteiger charge is -2.38. The molecule has 1 aliphatic carbocycles. The van der Waals surface area contributed by atoms with E-state index in [0.29, 0.717) is 22.1 Å². The van der Waals surface area contributed by atoms with Gasteiger partial charge >= 0.3 is 0 Å². The van der Waals surface area contributed by atoms with Crippen molar-refractivity contribution in [1.82, 2.24) is 5.43 Å². The number of halogens is 1. The van der Waals surface area contributed by atoms with Gasteiger partial charge in [0.2, 0.25) is 0 Å². The molecule has 1 aliphatic rings. The molecule has 0 bridgehead atoms. The summed E-state index contributed by atoms with van der Waals surface area (Å²) in [7, 11) is 1.64. The number of ether oxygens (including phenoxy) is 1. The molecule has 0 aromatic heterocycles. The van der Waals surface area contributed by atoms with Crippen molar-refractivity contribution in [2.24, 2.45) is 17.2 Å². The first-order valence-electron chi connectivity index (χ1n) is 7.26. The third kappa shape index (κ3) is 3.46. The average molecular weight is 297 g/mol. The van der Waals surface area contributed by atoms with Gasteiger partial charge in [-0.2, -0.15) is 0 Å². The van der Waals surface area contributed by atoms with Crippen LogP contribution in [-0.4, -0.2) is 7.11 Å². The van der Waals surface area contributed by atoms with Gasteiger partial charge in [0.25, 0.3) is 0 Å². The van der Waals surface area contributed by atoms with E-state index in [4.69, 9.17) is 22.2 Å². The summed E-state index contributed by atoms with van der Waals surface area (Å²) < 4.78 is 5.30. The third-order valence-electron chi connectivity index (χ3n) is 4.57. The summed E-state index contributed by atoms with van der Waals surface area (Å²) in [6, 6.07) is 6.08. The fourth-order valence-corrected chi connectivity index (χ4v) is 3.32. The van der Waals surface area contributed by atoms with Crippen LogP contribution in [0.5, 0.6) is 5.75 Å². The summed E-state index contributed by atoms with van der Waals surface area (Å²) in [6.45, 7) is 4.69. The smallest absolute Gasteiger partial charge is 0.137 e. The topological polar surface area (TPSA) is 47.3 Å². The second-order valence-electron chi connectivity index (χ2n) is 6.54. The first-order chi connectivity index (χ1) is 9.46. The van der Waals surface area contributed by atoms with Crippen LogP contribution in [0, 0.1) is 11.3 Å². The maximum absolute atomic E-state index is 6.09. The standard InChI is InChI=1S/C16H25ClN2O/c1-16(2)8-6-11(7-9-16)15(19-18)12-4-5-13(17)14(10-12)20-3/h4-5,10-11,15,19H,6-9,18H2,1-3H3. The fraction of sp³-hybridized carbons (Fsp3) is 0.625. The van der Waals surface area contributed by atoms with Gasteiger partial charge in [0.05, 0.1) is 12.1 Å². The minimum atomic E-state index is 0.164. The molecule has 20 heavy (non-hydrogen) atoms. The van der Waals surface area contributed by atoms with E-state index in [-0.39, 0.29) is 6.04 Å². The average Bonchev–Trinajstić information content (AvgIpc) is 2.43. The number of rotatable bonds is 4. The van der Waals surface area contributed by atoms with Gasteiger partial charge in [-0.05, 0) is 54.7 Å². The lowest BCUT2D eigenvalue weighted by atomic mass is 9.70. The summed E-state index contributed by atoms with van der Waals surface area (Å²) in [4.78, 5) is 0. The quantitative estimate of drug-likeness (QED) is 0.650. The van der Waals surface area contributed by atoms with Crippen LogP contribution in [0.3, 0.4) is 0 Å². The molecule has 0 amide bonds. The molecule has 0 heterocycles. The van der Waals surface area contributed by atoms with E-state index in [1.165, 1.54) is 25.7 Å². The van der Waals surface area contributed by atoms with E-state index in [1.54, 1.807) is 7.11 Å². The molecule has 1 aromatic rings. The van der Waals surface area contributed by atoms with Crippen molar-refractivity contribution in [1.29, 1.82) is 0 Å². The predicted molar refractivity (Wildman–Crippen MR) is 83.8 cm³/mol. The normalized spacial score (nSPS) is 20.6. The maximum atomic E-state index is 6.09. The molecule has 1 atom stereocenters. The Bertz CT molecular complexity index is 452. The molecular formula is C16H25ClN2O. The third-order valence-corrected chi connectivity index (χ3v) is 4.88. The molecule has 1 aromatic carbocycles. The lowest BCUT2D eigenvalue weighted by Crippen LogP contribution is -2.36. The SMILES string of the molecule is COc1cc(C(NN)C2CCC(C)(C)CC2)ccc1Cl. The number of hydrazine groups is 1. The molecule has 0 spiro atoms. The molecule has 112 valence electrons. The minimum absolute atomic E-state index is 0.164. The van der Waals surface area contributed by atoms with Crippen molar-refractivity contribution in [3.05, 3.63) is 28.8 Å². The van der Waals surface area contributed by atoms with Crippen LogP contribution in [0.1, 0.15) is 51.1 Å². The Morgan fingerprint density at radius 3 is 2.55 bits per heavy atom. The summed E-state index contributed by atoms with van der Waals surface area (Å²) in [6.07, 6.45) is 4.90. The number of methoxy groups -OCH3 is 1. The highest BCUT2D eigenvalue weighted by Crippen LogP contribution is 2.43. The maximum Gasteiger partial charge on any atom is 0.137 e. The van der Waals surface area contributed by atoms with Crippen LogP contribution in [0.15, 0.2) is 18.2 Å². The molecule has 1 unspecified atom stereocenters. The molecule has 0 radical (unpaired) electrons. The van der Waals surface area contributed by atoms with E-state index in [2.05, 4.69) is 19.3 Å². The lowest BCUT2D eigenvalue weighted by molar-refractivity contribution is 0.161. The van der Waals surface area contributed by atoms with Crippen LogP contribution in [0.4, 0.5) is 0 Å². The van der Waals surface area contributed by atoms with Crippen molar-refractivity contribution >= 4 is 11.6 Å². The van der Waals surface area contributed by atoms with E-state index >= 15 is 0 Å². The van der Waals surface area contributed by atoms with Crippen LogP contribution >= 0.6 is 11.6 Å². The number of hydrogen-bond acceptors (Lipinski definition) is 3.